The molecule has 2 heterocycles. The minimum atomic E-state index is -0.145. The third kappa shape index (κ3) is 4.00. The molecule has 0 saturated carbocycles. The van der Waals surface area contributed by atoms with Gasteiger partial charge in [-0.2, -0.15) is 0 Å². The number of nitrogens with one attached hydrogen (secondary N) is 2. The molecule has 1 amide bonds. The van der Waals surface area contributed by atoms with E-state index in [9.17, 15) is 4.79 Å². The highest BCUT2D eigenvalue weighted by atomic mass is 79.9. The summed E-state index contributed by atoms with van der Waals surface area (Å²) in [4.78, 5) is 11.9. The van der Waals surface area contributed by atoms with Gasteiger partial charge in [0, 0.05) is 6.04 Å². The molecule has 2 unspecified atom stereocenters. The van der Waals surface area contributed by atoms with Gasteiger partial charge in [0.05, 0.1) is 0 Å². The van der Waals surface area contributed by atoms with E-state index in [0.717, 1.165) is 19.5 Å². The summed E-state index contributed by atoms with van der Waals surface area (Å²) in [5.41, 5.74) is 0. The molecular formula is C12H18BrClN2O2. The van der Waals surface area contributed by atoms with Crippen molar-refractivity contribution in [3.05, 3.63) is 22.6 Å². The van der Waals surface area contributed by atoms with Crippen LogP contribution in [0.4, 0.5) is 0 Å². The molecular weight excluding hydrogens is 320 g/mol. The second-order valence-electron chi connectivity index (χ2n) is 4.47. The molecule has 2 rings (SSSR count). The van der Waals surface area contributed by atoms with Crippen molar-refractivity contribution in [2.24, 2.45) is 5.92 Å². The van der Waals surface area contributed by atoms with E-state index in [4.69, 9.17) is 4.42 Å². The lowest BCUT2D eigenvalue weighted by atomic mass is 9.93. The van der Waals surface area contributed by atoms with Crippen LogP contribution in [-0.4, -0.2) is 25.0 Å². The Morgan fingerprint density at radius 1 is 1.61 bits per heavy atom. The molecule has 2 N–H and O–H groups in total. The zero-order valence-corrected chi connectivity index (χ0v) is 12.6. The smallest absolute Gasteiger partial charge is 0.287 e. The molecule has 2 atom stereocenters. The molecule has 0 spiro atoms. The van der Waals surface area contributed by atoms with Gasteiger partial charge in [-0.1, -0.05) is 0 Å². The molecule has 1 saturated heterocycles. The Hall–Kier alpha value is -0.520. The highest BCUT2D eigenvalue weighted by Crippen LogP contribution is 2.17. The molecule has 1 aliphatic rings. The number of rotatable bonds is 3. The maximum atomic E-state index is 11.9. The topological polar surface area (TPSA) is 54.3 Å². The van der Waals surface area contributed by atoms with E-state index >= 15 is 0 Å². The van der Waals surface area contributed by atoms with Crippen LogP contribution in [-0.2, 0) is 0 Å². The summed E-state index contributed by atoms with van der Waals surface area (Å²) in [6.07, 6.45) is 2.34. The summed E-state index contributed by atoms with van der Waals surface area (Å²) < 4.78 is 5.80. The summed E-state index contributed by atoms with van der Waals surface area (Å²) in [6.45, 7) is 4.11. The number of carbonyl (C=O) groups is 1. The Morgan fingerprint density at radius 2 is 2.39 bits per heavy atom. The van der Waals surface area contributed by atoms with Gasteiger partial charge in [-0.3, -0.25) is 4.79 Å². The highest BCUT2D eigenvalue weighted by Gasteiger charge is 2.22. The van der Waals surface area contributed by atoms with Gasteiger partial charge in [0.1, 0.15) is 0 Å². The van der Waals surface area contributed by atoms with Crippen LogP contribution in [0.15, 0.2) is 21.2 Å². The second kappa shape index (κ2) is 7.16. The first-order valence-corrected chi connectivity index (χ1v) is 6.73. The Labute approximate surface area is 121 Å². The first kappa shape index (κ1) is 15.5. The van der Waals surface area contributed by atoms with Crippen molar-refractivity contribution in [3.8, 4) is 0 Å². The molecule has 18 heavy (non-hydrogen) atoms. The number of hydrogen-bond donors (Lipinski definition) is 2. The van der Waals surface area contributed by atoms with E-state index in [-0.39, 0.29) is 24.4 Å². The van der Waals surface area contributed by atoms with E-state index < -0.39 is 0 Å². The Kier molecular flexibility index (Phi) is 6.18. The Morgan fingerprint density at radius 3 is 2.94 bits per heavy atom. The summed E-state index contributed by atoms with van der Waals surface area (Å²) in [5.74, 6) is 0.715. The maximum Gasteiger partial charge on any atom is 0.287 e. The van der Waals surface area contributed by atoms with Crippen molar-refractivity contribution in [1.82, 2.24) is 10.6 Å². The quantitative estimate of drug-likeness (QED) is 0.891. The average molecular weight is 338 g/mol. The lowest BCUT2D eigenvalue weighted by Gasteiger charge is -2.28. The van der Waals surface area contributed by atoms with Gasteiger partial charge in [-0.15, -0.1) is 12.4 Å². The third-order valence-electron chi connectivity index (χ3n) is 3.20. The minimum absolute atomic E-state index is 0. The fraction of sp³-hybridized carbons (Fsp3) is 0.583. The molecule has 0 aromatic carbocycles. The zero-order chi connectivity index (χ0) is 12.3. The van der Waals surface area contributed by atoms with Gasteiger partial charge in [-0.25, -0.2) is 0 Å². The Bertz CT molecular complexity index is 391. The number of piperidine rings is 1. The first-order valence-electron chi connectivity index (χ1n) is 5.94. The number of carbonyl (C=O) groups excluding carboxylic acids is 1. The van der Waals surface area contributed by atoms with E-state index in [1.54, 1.807) is 12.1 Å². The van der Waals surface area contributed by atoms with E-state index in [1.807, 2.05) is 6.92 Å². The summed E-state index contributed by atoms with van der Waals surface area (Å²) in [7, 11) is 0. The maximum absolute atomic E-state index is 11.9. The predicted molar refractivity (Wildman–Crippen MR) is 76.2 cm³/mol. The van der Waals surface area contributed by atoms with Gasteiger partial charge in [0.15, 0.2) is 10.4 Å². The fourth-order valence-electron chi connectivity index (χ4n) is 2.14. The summed E-state index contributed by atoms with van der Waals surface area (Å²) >= 11 is 3.19. The van der Waals surface area contributed by atoms with E-state index in [1.165, 1.54) is 6.42 Å². The minimum Gasteiger partial charge on any atom is -0.444 e. The molecule has 102 valence electrons. The normalized spacial score (nSPS) is 20.9. The molecule has 0 aliphatic carbocycles. The number of hydrogen-bond acceptors (Lipinski definition) is 3. The van der Waals surface area contributed by atoms with E-state index in [0.29, 0.717) is 16.3 Å². The van der Waals surface area contributed by atoms with Crippen molar-refractivity contribution in [3.63, 3.8) is 0 Å². The molecule has 0 radical (unpaired) electrons. The van der Waals surface area contributed by atoms with Gasteiger partial charge in [-0.05, 0) is 66.8 Å². The standard InChI is InChI=1S/C12H17BrN2O2.ClH/c1-8(9-3-2-6-14-7-9)15-12(16)10-4-5-11(13)17-10;/h4-5,8-9,14H,2-3,6-7H2,1H3,(H,15,16);1H. The summed E-state index contributed by atoms with van der Waals surface area (Å²) in [6, 6.07) is 3.56. The lowest BCUT2D eigenvalue weighted by Crippen LogP contribution is -2.44. The highest BCUT2D eigenvalue weighted by molar-refractivity contribution is 9.10. The van der Waals surface area contributed by atoms with Crippen molar-refractivity contribution < 1.29 is 9.21 Å². The first-order chi connectivity index (χ1) is 8.16. The average Bonchev–Trinajstić information content (AvgIpc) is 2.77. The van der Waals surface area contributed by atoms with Gasteiger partial charge in [0.2, 0.25) is 0 Å². The van der Waals surface area contributed by atoms with Crippen molar-refractivity contribution in [2.45, 2.75) is 25.8 Å². The lowest BCUT2D eigenvalue weighted by molar-refractivity contribution is 0.0892. The molecule has 4 nitrogen and oxygen atoms in total. The molecule has 1 aliphatic heterocycles. The number of halogens is 2. The van der Waals surface area contributed by atoms with Gasteiger partial charge in [0.25, 0.3) is 5.91 Å². The van der Waals surface area contributed by atoms with Crippen LogP contribution in [0, 0.1) is 5.92 Å². The van der Waals surface area contributed by atoms with Crippen LogP contribution in [0.2, 0.25) is 0 Å². The molecule has 1 fully saturated rings. The van der Waals surface area contributed by atoms with Crippen LogP contribution in [0.1, 0.15) is 30.3 Å². The monoisotopic (exact) mass is 336 g/mol. The van der Waals surface area contributed by atoms with Crippen LogP contribution in [0.5, 0.6) is 0 Å². The largest absolute Gasteiger partial charge is 0.444 e. The second-order valence-corrected chi connectivity index (χ2v) is 5.25. The summed E-state index contributed by atoms with van der Waals surface area (Å²) in [5, 5.41) is 6.34. The van der Waals surface area contributed by atoms with Gasteiger partial charge < -0.3 is 15.1 Å². The number of amides is 1. The SMILES string of the molecule is CC(NC(=O)c1ccc(Br)o1)C1CCCNC1.Cl. The van der Waals surface area contributed by atoms with Crippen molar-refractivity contribution in [1.29, 1.82) is 0 Å². The van der Waals surface area contributed by atoms with Crippen LogP contribution >= 0.6 is 28.3 Å². The van der Waals surface area contributed by atoms with Crippen LogP contribution in [0.3, 0.4) is 0 Å². The molecule has 0 bridgehead atoms. The molecule has 6 heteroatoms. The Balaban J connectivity index is 0.00000162. The third-order valence-corrected chi connectivity index (χ3v) is 3.62. The van der Waals surface area contributed by atoms with Crippen molar-refractivity contribution >= 4 is 34.2 Å². The predicted octanol–water partition coefficient (Wildman–Crippen LogP) is 2.58. The molecule has 1 aromatic heterocycles. The van der Waals surface area contributed by atoms with Gasteiger partial charge >= 0.3 is 0 Å². The molecule has 1 aromatic rings. The zero-order valence-electron chi connectivity index (χ0n) is 10.2. The van der Waals surface area contributed by atoms with Crippen LogP contribution in [0.25, 0.3) is 0 Å². The fourth-order valence-corrected chi connectivity index (χ4v) is 2.44. The van der Waals surface area contributed by atoms with E-state index in [2.05, 4.69) is 26.6 Å². The van der Waals surface area contributed by atoms with Crippen molar-refractivity contribution in [2.75, 3.05) is 13.1 Å². The number of furan rings is 1. The van der Waals surface area contributed by atoms with Crippen LogP contribution < -0.4 is 10.6 Å².